The van der Waals surface area contributed by atoms with E-state index in [1.54, 1.807) is 24.3 Å². The summed E-state index contributed by atoms with van der Waals surface area (Å²) in [6, 6.07) is 7.09. The molecule has 2 rings (SSSR count). The summed E-state index contributed by atoms with van der Waals surface area (Å²) in [4.78, 5) is 35.6. The van der Waals surface area contributed by atoms with Gasteiger partial charge in [0.15, 0.2) is 18.9 Å². The molecule has 0 saturated heterocycles. The molecule has 6 nitrogen and oxygen atoms in total. The van der Waals surface area contributed by atoms with Gasteiger partial charge < -0.3 is 15.5 Å². The van der Waals surface area contributed by atoms with E-state index >= 15 is 0 Å². The number of hydrogen-bond donors (Lipinski definition) is 3. The Labute approximate surface area is 129 Å². The van der Waals surface area contributed by atoms with E-state index < -0.39 is 0 Å². The minimum atomic E-state index is -0.160. The Morgan fingerprint density at radius 1 is 1.09 bits per heavy atom. The van der Waals surface area contributed by atoms with Gasteiger partial charge in [0.2, 0.25) is 0 Å². The highest BCUT2D eigenvalue weighted by atomic mass is 16.2. The lowest BCUT2D eigenvalue weighted by atomic mass is 10.1. The van der Waals surface area contributed by atoms with Gasteiger partial charge in [-0.15, -0.1) is 0 Å². The van der Waals surface area contributed by atoms with Gasteiger partial charge in [-0.05, 0) is 44.0 Å². The van der Waals surface area contributed by atoms with E-state index in [-0.39, 0.29) is 30.7 Å². The third-order valence-electron chi connectivity index (χ3n) is 3.44. The lowest BCUT2D eigenvalue weighted by molar-refractivity contribution is -0.862. The Morgan fingerprint density at radius 2 is 1.68 bits per heavy atom. The number of nitrogens with one attached hydrogen (secondary N) is 3. The zero-order valence-corrected chi connectivity index (χ0v) is 12.9. The van der Waals surface area contributed by atoms with E-state index in [0.29, 0.717) is 17.3 Å². The van der Waals surface area contributed by atoms with Crippen LogP contribution in [-0.4, -0.2) is 43.8 Å². The minimum Gasteiger partial charge on any atom is -0.348 e. The maximum atomic E-state index is 11.9. The van der Waals surface area contributed by atoms with Crippen LogP contribution in [-0.2, 0) is 9.59 Å². The molecule has 3 N–H and O–H groups in total. The molecule has 1 aromatic carbocycles. The molecule has 1 saturated carbocycles. The SMILES string of the molecule is CC(=O)c1ccc(NC(=O)C[NH+](C)CC(=O)NC2CC2)cc1. The molecular formula is C16H22N3O3+. The summed E-state index contributed by atoms with van der Waals surface area (Å²) in [6.45, 7) is 2.00. The number of likely N-dealkylation sites (N-methyl/N-ethyl adjacent to an activating group) is 1. The van der Waals surface area contributed by atoms with Gasteiger partial charge in [-0.1, -0.05) is 0 Å². The number of hydrogen-bond acceptors (Lipinski definition) is 3. The third kappa shape index (κ3) is 5.29. The monoisotopic (exact) mass is 304 g/mol. The lowest BCUT2D eigenvalue weighted by Crippen LogP contribution is -3.11. The topological polar surface area (TPSA) is 79.7 Å². The smallest absolute Gasteiger partial charge is 0.279 e. The van der Waals surface area contributed by atoms with E-state index in [4.69, 9.17) is 0 Å². The summed E-state index contributed by atoms with van der Waals surface area (Å²) in [5.41, 5.74) is 1.25. The van der Waals surface area contributed by atoms with Crippen molar-refractivity contribution in [1.29, 1.82) is 0 Å². The van der Waals surface area contributed by atoms with Crippen LogP contribution < -0.4 is 15.5 Å². The van der Waals surface area contributed by atoms with Crippen molar-refractivity contribution in [3.05, 3.63) is 29.8 Å². The van der Waals surface area contributed by atoms with Gasteiger partial charge in [0.05, 0.1) is 7.05 Å². The van der Waals surface area contributed by atoms with Gasteiger partial charge in [-0.25, -0.2) is 0 Å². The standard InChI is InChI=1S/C16H21N3O3/c1-11(20)12-3-5-13(6-4-12)17-15(21)9-19(2)10-16(22)18-14-7-8-14/h3-6,14H,7-10H2,1-2H3,(H,17,21)(H,18,22)/p+1. The molecule has 1 aromatic rings. The van der Waals surface area contributed by atoms with Crippen LogP contribution >= 0.6 is 0 Å². The highest BCUT2D eigenvalue weighted by Gasteiger charge is 2.24. The highest BCUT2D eigenvalue weighted by Crippen LogP contribution is 2.17. The van der Waals surface area contributed by atoms with E-state index in [0.717, 1.165) is 17.7 Å². The van der Waals surface area contributed by atoms with Crippen molar-refractivity contribution in [2.24, 2.45) is 0 Å². The summed E-state index contributed by atoms with van der Waals surface area (Å²) in [6.07, 6.45) is 2.11. The van der Waals surface area contributed by atoms with Crippen molar-refractivity contribution < 1.29 is 19.3 Å². The summed E-state index contributed by atoms with van der Waals surface area (Å²) in [5, 5.41) is 5.66. The van der Waals surface area contributed by atoms with Gasteiger partial charge in [0.25, 0.3) is 11.8 Å². The van der Waals surface area contributed by atoms with Gasteiger partial charge in [0.1, 0.15) is 0 Å². The second kappa shape index (κ2) is 7.17. The van der Waals surface area contributed by atoms with Crippen molar-refractivity contribution in [3.8, 4) is 0 Å². The van der Waals surface area contributed by atoms with Crippen LogP contribution in [0.25, 0.3) is 0 Å². The molecule has 0 aliphatic heterocycles. The molecule has 6 heteroatoms. The molecule has 0 heterocycles. The summed E-state index contributed by atoms with van der Waals surface area (Å²) < 4.78 is 0. The average molecular weight is 304 g/mol. The number of carbonyl (C=O) groups excluding carboxylic acids is 3. The number of carbonyl (C=O) groups is 3. The second-order valence-electron chi connectivity index (χ2n) is 5.83. The summed E-state index contributed by atoms with van der Waals surface area (Å²) >= 11 is 0. The first-order valence-corrected chi connectivity index (χ1v) is 7.45. The summed E-state index contributed by atoms with van der Waals surface area (Å²) in [7, 11) is 1.81. The largest absolute Gasteiger partial charge is 0.348 e. The van der Waals surface area contributed by atoms with Gasteiger partial charge >= 0.3 is 0 Å². The molecule has 0 aromatic heterocycles. The van der Waals surface area contributed by atoms with Gasteiger partial charge in [0, 0.05) is 17.3 Å². The van der Waals surface area contributed by atoms with Crippen LogP contribution in [0.3, 0.4) is 0 Å². The molecule has 118 valence electrons. The van der Waals surface area contributed by atoms with Crippen LogP contribution in [0.15, 0.2) is 24.3 Å². The molecule has 0 bridgehead atoms. The Balaban J connectivity index is 1.76. The van der Waals surface area contributed by atoms with Crippen molar-refractivity contribution >= 4 is 23.3 Å². The predicted molar refractivity (Wildman–Crippen MR) is 82.9 cm³/mol. The van der Waals surface area contributed by atoms with Crippen LogP contribution in [0.5, 0.6) is 0 Å². The molecule has 1 atom stereocenters. The van der Waals surface area contributed by atoms with Crippen LogP contribution in [0.4, 0.5) is 5.69 Å². The Hall–Kier alpha value is -2.21. The summed E-state index contributed by atoms with van der Waals surface area (Å²) in [5.74, 6) is -0.186. The van der Waals surface area contributed by atoms with Crippen LogP contribution in [0, 0.1) is 0 Å². The maximum absolute atomic E-state index is 11.9. The molecule has 0 radical (unpaired) electrons. The first-order chi connectivity index (χ1) is 10.4. The zero-order chi connectivity index (χ0) is 16.1. The lowest BCUT2D eigenvalue weighted by Gasteiger charge is -2.13. The third-order valence-corrected chi connectivity index (χ3v) is 3.44. The van der Waals surface area contributed by atoms with E-state index in [9.17, 15) is 14.4 Å². The normalized spacial score (nSPS) is 15.0. The first-order valence-electron chi connectivity index (χ1n) is 7.45. The number of Topliss-reactive ketones (excluding diaryl/α,β-unsaturated/α-hetero) is 1. The number of benzene rings is 1. The van der Waals surface area contributed by atoms with Crippen LogP contribution in [0.1, 0.15) is 30.1 Å². The quantitative estimate of drug-likeness (QED) is 0.601. The fraction of sp³-hybridized carbons (Fsp3) is 0.438. The van der Waals surface area contributed by atoms with Crippen molar-refractivity contribution in [1.82, 2.24) is 5.32 Å². The molecular weight excluding hydrogens is 282 g/mol. The molecule has 1 aliphatic rings. The van der Waals surface area contributed by atoms with Crippen molar-refractivity contribution in [3.63, 3.8) is 0 Å². The fourth-order valence-corrected chi connectivity index (χ4v) is 2.11. The van der Waals surface area contributed by atoms with E-state index in [1.807, 2.05) is 7.05 Å². The number of ketones is 1. The number of amides is 2. The van der Waals surface area contributed by atoms with E-state index in [2.05, 4.69) is 10.6 Å². The molecule has 1 aliphatic carbocycles. The van der Waals surface area contributed by atoms with E-state index in [1.165, 1.54) is 6.92 Å². The zero-order valence-electron chi connectivity index (χ0n) is 12.9. The van der Waals surface area contributed by atoms with Crippen molar-refractivity contribution in [2.75, 3.05) is 25.5 Å². The molecule has 1 fully saturated rings. The number of anilines is 1. The number of quaternary nitrogens is 1. The molecule has 22 heavy (non-hydrogen) atoms. The Kier molecular flexibility index (Phi) is 5.27. The van der Waals surface area contributed by atoms with Gasteiger partial charge in [-0.2, -0.15) is 0 Å². The highest BCUT2D eigenvalue weighted by molar-refractivity contribution is 5.95. The Morgan fingerprint density at radius 3 is 2.23 bits per heavy atom. The fourth-order valence-electron chi connectivity index (χ4n) is 2.11. The maximum Gasteiger partial charge on any atom is 0.279 e. The second-order valence-corrected chi connectivity index (χ2v) is 5.83. The minimum absolute atomic E-state index is 0.0104. The number of rotatable bonds is 7. The molecule has 0 spiro atoms. The predicted octanol–water partition coefficient (Wildman–Crippen LogP) is -0.379. The molecule has 1 unspecified atom stereocenters. The molecule has 2 amide bonds. The van der Waals surface area contributed by atoms with Gasteiger partial charge in [-0.3, -0.25) is 14.4 Å². The first kappa shape index (κ1) is 16.2. The van der Waals surface area contributed by atoms with Crippen molar-refractivity contribution in [2.45, 2.75) is 25.8 Å². The van der Waals surface area contributed by atoms with Crippen LogP contribution in [0.2, 0.25) is 0 Å². The average Bonchev–Trinajstić information content (AvgIpc) is 3.22. The Bertz CT molecular complexity index is 565.